The molecule has 2 rings (SSSR count). The molecule has 2 N–H and O–H groups in total. The predicted molar refractivity (Wildman–Crippen MR) is 97.3 cm³/mol. The van der Waals surface area contributed by atoms with Gasteiger partial charge in [0.1, 0.15) is 5.75 Å². The van der Waals surface area contributed by atoms with E-state index in [-0.39, 0.29) is 24.2 Å². The normalized spacial score (nSPS) is 20.0. The summed E-state index contributed by atoms with van der Waals surface area (Å²) >= 11 is 0. The molecule has 6 heteroatoms. The number of carbonyl (C=O) groups excluding carboxylic acids is 2. The molecule has 0 aromatic heterocycles. The zero-order chi connectivity index (χ0) is 18.9. The number of Topliss-reactive ketones (excluding diaryl/α,β-unsaturated/α-hetero) is 1. The van der Waals surface area contributed by atoms with Crippen molar-refractivity contribution in [1.29, 1.82) is 0 Å². The molecule has 1 amide bonds. The van der Waals surface area contributed by atoms with E-state index in [0.717, 1.165) is 25.7 Å². The predicted octanol–water partition coefficient (Wildman–Crippen LogP) is 3.20. The number of carbonyl (C=O) groups is 3. The van der Waals surface area contributed by atoms with Crippen LogP contribution in [0.4, 0.5) is 0 Å². The second-order valence-corrected chi connectivity index (χ2v) is 6.79. The van der Waals surface area contributed by atoms with E-state index in [1.807, 2.05) is 0 Å². The Kier molecular flexibility index (Phi) is 7.63. The average molecular weight is 361 g/mol. The number of benzene rings is 1. The summed E-state index contributed by atoms with van der Waals surface area (Å²) in [5, 5.41) is 12.2. The molecule has 1 saturated carbocycles. The first-order chi connectivity index (χ1) is 12.5. The quantitative estimate of drug-likeness (QED) is 0.421. The van der Waals surface area contributed by atoms with E-state index < -0.39 is 11.9 Å². The average Bonchev–Trinajstić information content (AvgIpc) is 2.84. The van der Waals surface area contributed by atoms with Crippen molar-refractivity contribution in [1.82, 2.24) is 5.32 Å². The van der Waals surface area contributed by atoms with E-state index in [1.54, 1.807) is 24.3 Å². The van der Waals surface area contributed by atoms with Gasteiger partial charge in [-0.05, 0) is 38.3 Å². The fourth-order valence-electron chi connectivity index (χ4n) is 3.28. The first-order valence-electron chi connectivity index (χ1n) is 9.23. The zero-order valence-electron chi connectivity index (χ0n) is 15.2. The van der Waals surface area contributed by atoms with E-state index in [2.05, 4.69) is 5.32 Å². The minimum absolute atomic E-state index is 0.0220. The Balaban J connectivity index is 1.75. The van der Waals surface area contributed by atoms with E-state index >= 15 is 0 Å². The second kappa shape index (κ2) is 9.94. The number of ketones is 1. The number of carboxylic acid groups (broad SMARTS) is 1. The number of aliphatic carboxylic acids is 1. The molecule has 1 aromatic rings. The SMILES string of the molecule is CC(=O)c1cccc(OCCCC(=O)N[C@H]2CCCCC[C@H]2C(=O)O)c1. The Morgan fingerprint density at radius 2 is 1.96 bits per heavy atom. The molecule has 0 unspecified atom stereocenters. The Bertz CT molecular complexity index is 643. The Morgan fingerprint density at radius 3 is 2.69 bits per heavy atom. The van der Waals surface area contributed by atoms with Crippen LogP contribution in [0.5, 0.6) is 5.75 Å². The Hall–Kier alpha value is -2.37. The number of amides is 1. The fraction of sp³-hybridized carbons (Fsp3) is 0.550. The van der Waals surface area contributed by atoms with Gasteiger partial charge in [-0.25, -0.2) is 0 Å². The van der Waals surface area contributed by atoms with Crippen LogP contribution in [0.2, 0.25) is 0 Å². The molecule has 1 aliphatic rings. The number of rotatable bonds is 8. The minimum atomic E-state index is -0.828. The topological polar surface area (TPSA) is 92.7 Å². The van der Waals surface area contributed by atoms with Crippen LogP contribution in [-0.4, -0.2) is 35.4 Å². The van der Waals surface area contributed by atoms with Crippen LogP contribution in [0.15, 0.2) is 24.3 Å². The Labute approximate surface area is 153 Å². The standard InChI is InChI=1S/C20H27NO5/c1-14(22)15-7-5-8-16(13-15)26-12-6-11-19(23)21-18-10-4-2-3-9-17(18)20(24)25/h5,7-8,13,17-18H,2-4,6,9-12H2,1H3,(H,21,23)(H,24,25)/t17-,18+/m1/s1. The largest absolute Gasteiger partial charge is 0.494 e. The van der Waals surface area contributed by atoms with Crippen molar-refractivity contribution in [3.8, 4) is 5.75 Å². The van der Waals surface area contributed by atoms with Gasteiger partial charge in [0, 0.05) is 18.0 Å². The third-order valence-electron chi connectivity index (χ3n) is 4.74. The molecule has 0 spiro atoms. The summed E-state index contributed by atoms with van der Waals surface area (Å²) in [5.74, 6) is -0.874. The number of hydrogen-bond donors (Lipinski definition) is 2. The monoisotopic (exact) mass is 361 g/mol. The summed E-state index contributed by atoms with van der Waals surface area (Å²) < 4.78 is 5.59. The smallest absolute Gasteiger partial charge is 0.308 e. The highest BCUT2D eigenvalue weighted by molar-refractivity contribution is 5.94. The third kappa shape index (κ3) is 6.17. The Morgan fingerprint density at radius 1 is 1.19 bits per heavy atom. The summed E-state index contributed by atoms with van der Waals surface area (Å²) in [5.41, 5.74) is 0.591. The molecular weight excluding hydrogens is 334 g/mol. The second-order valence-electron chi connectivity index (χ2n) is 6.79. The van der Waals surface area contributed by atoms with Gasteiger partial charge in [-0.2, -0.15) is 0 Å². The molecule has 0 saturated heterocycles. The highest BCUT2D eigenvalue weighted by Crippen LogP contribution is 2.24. The van der Waals surface area contributed by atoms with Gasteiger partial charge in [0.2, 0.25) is 5.91 Å². The number of hydrogen-bond acceptors (Lipinski definition) is 4. The molecule has 142 valence electrons. The lowest BCUT2D eigenvalue weighted by Crippen LogP contribution is -2.42. The van der Waals surface area contributed by atoms with Gasteiger partial charge in [-0.3, -0.25) is 14.4 Å². The molecular formula is C20H27NO5. The van der Waals surface area contributed by atoms with Gasteiger partial charge >= 0.3 is 5.97 Å². The molecule has 1 aromatic carbocycles. The highest BCUT2D eigenvalue weighted by atomic mass is 16.5. The van der Waals surface area contributed by atoms with Gasteiger partial charge in [0.25, 0.3) is 0 Å². The molecule has 0 radical (unpaired) electrons. The lowest BCUT2D eigenvalue weighted by Gasteiger charge is -2.22. The molecule has 0 heterocycles. The molecule has 0 aliphatic heterocycles. The van der Waals surface area contributed by atoms with Gasteiger partial charge < -0.3 is 15.2 Å². The molecule has 6 nitrogen and oxygen atoms in total. The van der Waals surface area contributed by atoms with Crippen LogP contribution in [-0.2, 0) is 9.59 Å². The van der Waals surface area contributed by atoms with Gasteiger partial charge in [-0.15, -0.1) is 0 Å². The maximum Gasteiger partial charge on any atom is 0.308 e. The summed E-state index contributed by atoms with van der Waals surface area (Å²) in [4.78, 5) is 34.9. The summed E-state index contributed by atoms with van der Waals surface area (Å²) in [6.45, 7) is 1.86. The maximum atomic E-state index is 12.1. The van der Waals surface area contributed by atoms with Crippen LogP contribution < -0.4 is 10.1 Å². The third-order valence-corrected chi connectivity index (χ3v) is 4.74. The van der Waals surface area contributed by atoms with Crippen molar-refractivity contribution in [3.63, 3.8) is 0 Å². The summed E-state index contributed by atoms with van der Waals surface area (Å²) in [6, 6.07) is 6.67. The van der Waals surface area contributed by atoms with Gasteiger partial charge in [-0.1, -0.05) is 31.4 Å². The lowest BCUT2D eigenvalue weighted by atomic mass is 9.94. The minimum Gasteiger partial charge on any atom is -0.494 e. The van der Waals surface area contributed by atoms with E-state index in [0.29, 0.717) is 30.8 Å². The lowest BCUT2D eigenvalue weighted by molar-refractivity contribution is -0.143. The molecule has 26 heavy (non-hydrogen) atoms. The molecule has 1 aliphatic carbocycles. The van der Waals surface area contributed by atoms with Crippen molar-refractivity contribution < 1.29 is 24.2 Å². The van der Waals surface area contributed by atoms with Crippen molar-refractivity contribution in [2.45, 2.75) is 57.9 Å². The van der Waals surface area contributed by atoms with E-state index in [9.17, 15) is 19.5 Å². The molecule has 2 atom stereocenters. The number of ether oxygens (including phenoxy) is 1. The molecule has 0 bridgehead atoms. The maximum absolute atomic E-state index is 12.1. The van der Waals surface area contributed by atoms with Crippen LogP contribution in [0, 0.1) is 5.92 Å². The van der Waals surface area contributed by atoms with Gasteiger partial charge in [0.15, 0.2) is 5.78 Å². The van der Waals surface area contributed by atoms with Crippen LogP contribution in [0.25, 0.3) is 0 Å². The van der Waals surface area contributed by atoms with E-state index in [4.69, 9.17) is 4.74 Å². The first-order valence-corrected chi connectivity index (χ1v) is 9.23. The summed E-state index contributed by atoms with van der Waals surface area (Å²) in [6.07, 6.45) is 5.02. The van der Waals surface area contributed by atoms with E-state index in [1.165, 1.54) is 6.92 Å². The van der Waals surface area contributed by atoms with Crippen molar-refractivity contribution in [2.75, 3.05) is 6.61 Å². The molecule has 1 fully saturated rings. The van der Waals surface area contributed by atoms with Crippen LogP contribution in [0.3, 0.4) is 0 Å². The van der Waals surface area contributed by atoms with Gasteiger partial charge in [0.05, 0.1) is 12.5 Å². The van der Waals surface area contributed by atoms with Crippen LogP contribution in [0.1, 0.15) is 62.2 Å². The van der Waals surface area contributed by atoms with Crippen molar-refractivity contribution >= 4 is 17.7 Å². The highest BCUT2D eigenvalue weighted by Gasteiger charge is 2.30. The number of carboxylic acids is 1. The van der Waals surface area contributed by atoms with Crippen molar-refractivity contribution in [3.05, 3.63) is 29.8 Å². The fourth-order valence-corrected chi connectivity index (χ4v) is 3.28. The van der Waals surface area contributed by atoms with Crippen molar-refractivity contribution in [2.24, 2.45) is 5.92 Å². The van der Waals surface area contributed by atoms with Crippen LogP contribution >= 0.6 is 0 Å². The first kappa shape index (κ1) is 19.9. The zero-order valence-corrected chi connectivity index (χ0v) is 15.2. The number of nitrogens with one attached hydrogen (secondary N) is 1. The summed E-state index contributed by atoms with van der Waals surface area (Å²) in [7, 11) is 0.